The number of aliphatic hydroxyl groups is 1. The third-order valence-electron chi connectivity index (χ3n) is 6.17. The van der Waals surface area contributed by atoms with Crippen molar-refractivity contribution in [1.29, 1.82) is 0 Å². The van der Waals surface area contributed by atoms with E-state index in [0.29, 0.717) is 24.5 Å². The second-order valence-electron chi connectivity index (χ2n) is 9.27. The number of aliphatic hydroxyl groups excluding tert-OH is 1. The highest BCUT2D eigenvalue weighted by molar-refractivity contribution is 6.46. The minimum atomic E-state index is -0.699. The number of hydrogen-bond donors (Lipinski definition) is 1. The summed E-state index contributed by atoms with van der Waals surface area (Å²) in [6, 6.07) is 13.9. The number of nitrogens with zero attached hydrogens (tertiary/aromatic N) is 2. The lowest BCUT2D eigenvalue weighted by molar-refractivity contribution is -0.140. The number of ketones is 1. The monoisotopic (exact) mass is 464 g/mol. The SMILES string of the molecule is CC(C)Oc1cccc(/C(O)=C2/C(=O)C(=O)N(CC3CCCO3)C2c2ccc(N(C)C)cc2)c1. The van der Waals surface area contributed by atoms with Gasteiger partial charge in [-0.15, -0.1) is 0 Å². The average Bonchev–Trinajstić information content (AvgIpc) is 3.41. The molecule has 1 N–H and O–H groups in total. The molecule has 7 nitrogen and oxygen atoms in total. The van der Waals surface area contributed by atoms with Gasteiger partial charge in [0, 0.05) is 38.5 Å². The molecular formula is C27H32N2O5. The summed E-state index contributed by atoms with van der Waals surface area (Å²) in [6.07, 6.45) is 1.61. The number of rotatable bonds is 7. The average molecular weight is 465 g/mol. The van der Waals surface area contributed by atoms with Crippen LogP contribution in [-0.4, -0.2) is 61.2 Å². The smallest absolute Gasteiger partial charge is 0.295 e. The molecule has 0 aliphatic carbocycles. The molecule has 2 aromatic rings. The van der Waals surface area contributed by atoms with Crippen LogP contribution in [0.4, 0.5) is 5.69 Å². The van der Waals surface area contributed by atoms with Crippen LogP contribution in [0.25, 0.3) is 5.76 Å². The molecule has 0 saturated carbocycles. The van der Waals surface area contributed by atoms with Crippen LogP contribution in [0.15, 0.2) is 54.1 Å². The van der Waals surface area contributed by atoms with Gasteiger partial charge in [-0.1, -0.05) is 24.3 Å². The second-order valence-corrected chi connectivity index (χ2v) is 9.27. The normalized spacial score (nSPS) is 22.0. The van der Waals surface area contributed by atoms with E-state index in [4.69, 9.17) is 9.47 Å². The number of hydrogen-bond acceptors (Lipinski definition) is 6. The zero-order valence-corrected chi connectivity index (χ0v) is 20.2. The molecule has 34 heavy (non-hydrogen) atoms. The van der Waals surface area contributed by atoms with E-state index in [1.165, 1.54) is 0 Å². The molecule has 2 heterocycles. The summed E-state index contributed by atoms with van der Waals surface area (Å²) in [5, 5.41) is 11.3. The summed E-state index contributed by atoms with van der Waals surface area (Å²) in [5.74, 6) is -0.927. The Kier molecular flexibility index (Phi) is 6.93. The van der Waals surface area contributed by atoms with Gasteiger partial charge in [0.15, 0.2) is 0 Å². The highest BCUT2D eigenvalue weighted by Gasteiger charge is 2.47. The highest BCUT2D eigenvalue weighted by atomic mass is 16.5. The molecule has 2 saturated heterocycles. The van der Waals surface area contributed by atoms with Gasteiger partial charge in [-0.3, -0.25) is 9.59 Å². The van der Waals surface area contributed by atoms with E-state index in [9.17, 15) is 14.7 Å². The van der Waals surface area contributed by atoms with E-state index in [2.05, 4.69) is 0 Å². The maximum Gasteiger partial charge on any atom is 0.295 e. The Morgan fingerprint density at radius 3 is 2.53 bits per heavy atom. The summed E-state index contributed by atoms with van der Waals surface area (Å²) in [4.78, 5) is 29.9. The summed E-state index contributed by atoms with van der Waals surface area (Å²) in [6.45, 7) is 4.79. The number of benzene rings is 2. The van der Waals surface area contributed by atoms with Crippen molar-refractivity contribution in [3.63, 3.8) is 0 Å². The van der Waals surface area contributed by atoms with Gasteiger partial charge in [0.25, 0.3) is 11.7 Å². The van der Waals surface area contributed by atoms with Crippen LogP contribution in [0.3, 0.4) is 0 Å². The minimum absolute atomic E-state index is 0.0374. The molecule has 7 heteroatoms. The first-order valence-electron chi connectivity index (χ1n) is 11.7. The number of likely N-dealkylation sites (tertiary alicyclic amines) is 1. The maximum absolute atomic E-state index is 13.2. The molecule has 0 spiro atoms. The molecule has 2 aromatic carbocycles. The summed E-state index contributed by atoms with van der Waals surface area (Å²) in [7, 11) is 3.90. The van der Waals surface area contributed by atoms with Gasteiger partial charge in [0.05, 0.1) is 23.8 Å². The lowest BCUT2D eigenvalue weighted by atomic mass is 9.95. The summed E-state index contributed by atoms with van der Waals surface area (Å²) >= 11 is 0. The topological polar surface area (TPSA) is 79.3 Å². The van der Waals surface area contributed by atoms with Crippen molar-refractivity contribution in [2.75, 3.05) is 32.1 Å². The molecule has 2 atom stereocenters. The zero-order chi connectivity index (χ0) is 24.4. The van der Waals surface area contributed by atoms with E-state index in [0.717, 1.165) is 24.1 Å². The molecule has 0 bridgehead atoms. The van der Waals surface area contributed by atoms with Crippen LogP contribution in [-0.2, 0) is 14.3 Å². The fraction of sp³-hybridized carbons (Fsp3) is 0.407. The molecule has 2 unspecified atom stereocenters. The minimum Gasteiger partial charge on any atom is -0.507 e. The Morgan fingerprint density at radius 1 is 1.18 bits per heavy atom. The molecule has 180 valence electrons. The van der Waals surface area contributed by atoms with E-state index >= 15 is 0 Å². The maximum atomic E-state index is 13.2. The number of carbonyl (C=O) groups is 2. The van der Waals surface area contributed by atoms with Crippen LogP contribution in [0.1, 0.15) is 43.9 Å². The van der Waals surface area contributed by atoms with Gasteiger partial charge in [0.2, 0.25) is 0 Å². The Balaban J connectivity index is 1.79. The standard InChI is InChI=1S/C27H32N2O5/c1-17(2)34-21-8-5-7-19(15-21)25(30)23-24(18-10-12-20(13-11-18)28(3)4)29(27(32)26(23)31)16-22-9-6-14-33-22/h5,7-8,10-13,15,17,22,24,30H,6,9,14,16H2,1-4H3/b25-23-. The second kappa shape index (κ2) is 9.89. The molecule has 0 radical (unpaired) electrons. The first-order valence-corrected chi connectivity index (χ1v) is 11.7. The van der Waals surface area contributed by atoms with Gasteiger partial charge in [-0.25, -0.2) is 0 Å². The predicted octanol–water partition coefficient (Wildman–Crippen LogP) is 4.14. The lowest BCUT2D eigenvalue weighted by Crippen LogP contribution is -2.36. The van der Waals surface area contributed by atoms with Gasteiger partial charge in [0.1, 0.15) is 11.5 Å². The molecule has 2 aliphatic heterocycles. The van der Waals surface area contributed by atoms with Gasteiger partial charge in [-0.05, 0) is 56.5 Å². The van der Waals surface area contributed by atoms with Crippen molar-refractivity contribution in [2.45, 2.75) is 44.9 Å². The Bertz CT molecular complexity index is 1080. The lowest BCUT2D eigenvalue weighted by Gasteiger charge is -2.28. The van der Waals surface area contributed by atoms with Gasteiger partial charge in [-0.2, -0.15) is 0 Å². The third-order valence-corrected chi connectivity index (χ3v) is 6.17. The van der Waals surface area contributed by atoms with E-state index in [1.54, 1.807) is 29.2 Å². The molecule has 2 aliphatic rings. The number of ether oxygens (including phenoxy) is 2. The van der Waals surface area contributed by atoms with Crippen molar-refractivity contribution in [3.8, 4) is 5.75 Å². The zero-order valence-electron chi connectivity index (χ0n) is 20.2. The van der Waals surface area contributed by atoms with Gasteiger partial charge < -0.3 is 24.4 Å². The Hall–Kier alpha value is -3.32. The van der Waals surface area contributed by atoms with E-state index in [1.807, 2.05) is 57.1 Å². The highest BCUT2D eigenvalue weighted by Crippen LogP contribution is 2.40. The first-order chi connectivity index (χ1) is 16.3. The first kappa shape index (κ1) is 23.8. The third kappa shape index (κ3) is 4.80. The van der Waals surface area contributed by atoms with E-state index < -0.39 is 17.7 Å². The summed E-state index contributed by atoms with van der Waals surface area (Å²) < 4.78 is 11.5. The molecule has 2 fully saturated rings. The Morgan fingerprint density at radius 2 is 1.91 bits per heavy atom. The fourth-order valence-electron chi connectivity index (χ4n) is 4.52. The number of carbonyl (C=O) groups excluding carboxylic acids is 2. The van der Waals surface area contributed by atoms with Gasteiger partial charge >= 0.3 is 0 Å². The molecular weight excluding hydrogens is 432 g/mol. The molecule has 0 aromatic heterocycles. The quantitative estimate of drug-likeness (QED) is 0.377. The van der Waals surface area contributed by atoms with Crippen LogP contribution in [0, 0.1) is 0 Å². The van der Waals surface area contributed by atoms with Crippen LogP contribution < -0.4 is 9.64 Å². The fourth-order valence-corrected chi connectivity index (χ4v) is 4.52. The predicted molar refractivity (Wildman–Crippen MR) is 131 cm³/mol. The summed E-state index contributed by atoms with van der Waals surface area (Å²) in [5.41, 5.74) is 2.28. The largest absolute Gasteiger partial charge is 0.507 e. The van der Waals surface area contributed by atoms with Crippen LogP contribution >= 0.6 is 0 Å². The van der Waals surface area contributed by atoms with Crippen molar-refractivity contribution in [2.24, 2.45) is 0 Å². The number of Topliss-reactive ketones (excluding diaryl/α,β-unsaturated/α-hetero) is 1. The number of amides is 1. The van der Waals surface area contributed by atoms with Crippen molar-refractivity contribution >= 4 is 23.1 Å². The molecule has 1 amide bonds. The van der Waals surface area contributed by atoms with Crippen molar-refractivity contribution in [1.82, 2.24) is 4.90 Å². The van der Waals surface area contributed by atoms with Crippen LogP contribution in [0.2, 0.25) is 0 Å². The van der Waals surface area contributed by atoms with Crippen molar-refractivity contribution < 1.29 is 24.2 Å². The van der Waals surface area contributed by atoms with Crippen LogP contribution in [0.5, 0.6) is 5.75 Å². The van der Waals surface area contributed by atoms with E-state index in [-0.39, 0.29) is 23.5 Å². The Labute approximate surface area is 200 Å². The molecule has 4 rings (SSSR count). The number of anilines is 1. The van der Waals surface area contributed by atoms with Crippen molar-refractivity contribution in [3.05, 3.63) is 65.2 Å².